The highest BCUT2D eigenvalue weighted by atomic mass is 19.4. The molecule has 0 saturated heterocycles. The molecule has 2 aromatic rings. The maximum atomic E-state index is 12.7. The molecule has 27 heavy (non-hydrogen) atoms. The van der Waals surface area contributed by atoms with Gasteiger partial charge in [-0.05, 0) is 36.4 Å². The number of nitrogens with zero attached hydrogens (tertiary/aromatic N) is 2. The highest BCUT2D eigenvalue weighted by Crippen LogP contribution is 2.30. The lowest BCUT2D eigenvalue weighted by Crippen LogP contribution is -2.32. The van der Waals surface area contributed by atoms with Gasteiger partial charge in [0.1, 0.15) is 0 Å². The largest absolute Gasteiger partial charge is 0.416 e. The van der Waals surface area contributed by atoms with Crippen LogP contribution in [0.1, 0.15) is 24.5 Å². The molecule has 0 aromatic heterocycles. The standard InChI is InChI=1S/C19H16F3N3O2/c1-13(26)25(17-7-2-4-14(10-17)12-23)9-8-18(27)24-16-6-3-5-15(11-16)19(20,21)22/h2-7,10-11H,8-9H2,1H3,(H,24,27). The Balaban J connectivity index is 2.04. The van der Waals surface area contributed by atoms with E-state index in [-0.39, 0.29) is 24.6 Å². The van der Waals surface area contributed by atoms with Crippen molar-refractivity contribution in [3.8, 4) is 6.07 Å². The number of nitrogens with one attached hydrogen (secondary N) is 1. The molecule has 2 amide bonds. The fourth-order valence-corrected chi connectivity index (χ4v) is 2.42. The quantitative estimate of drug-likeness (QED) is 0.860. The molecule has 1 N–H and O–H groups in total. The van der Waals surface area contributed by atoms with E-state index in [9.17, 15) is 22.8 Å². The van der Waals surface area contributed by atoms with Gasteiger partial charge < -0.3 is 10.2 Å². The molecule has 0 spiro atoms. The van der Waals surface area contributed by atoms with Gasteiger partial charge in [0, 0.05) is 31.3 Å². The molecule has 0 heterocycles. The molecule has 0 atom stereocenters. The number of carbonyl (C=O) groups is 2. The highest BCUT2D eigenvalue weighted by molar-refractivity contribution is 5.94. The Morgan fingerprint density at radius 2 is 1.85 bits per heavy atom. The molecule has 5 nitrogen and oxygen atoms in total. The van der Waals surface area contributed by atoms with Gasteiger partial charge in [0.05, 0.1) is 17.2 Å². The number of amides is 2. The van der Waals surface area contributed by atoms with E-state index in [2.05, 4.69) is 5.32 Å². The van der Waals surface area contributed by atoms with Crippen molar-refractivity contribution in [1.29, 1.82) is 5.26 Å². The molecule has 0 aliphatic heterocycles. The minimum absolute atomic E-state index is 0.0228. The second kappa shape index (κ2) is 8.36. The number of benzene rings is 2. The zero-order chi connectivity index (χ0) is 20.0. The molecular weight excluding hydrogens is 359 g/mol. The van der Waals surface area contributed by atoms with Crippen molar-refractivity contribution in [2.75, 3.05) is 16.8 Å². The van der Waals surface area contributed by atoms with Gasteiger partial charge in [-0.15, -0.1) is 0 Å². The first-order valence-corrected chi connectivity index (χ1v) is 7.96. The van der Waals surface area contributed by atoms with Crippen LogP contribution in [-0.4, -0.2) is 18.4 Å². The summed E-state index contributed by atoms with van der Waals surface area (Å²) in [6.45, 7) is 1.35. The van der Waals surface area contributed by atoms with Crippen molar-refractivity contribution in [3.63, 3.8) is 0 Å². The normalized spacial score (nSPS) is 10.8. The van der Waals surface area contributed by atoms with Gasteiger partial charge in [0.25, 0.3) is 0 Å². The van der Waals surface area contributed by atoms with Crippen LogP contribution in [0.4, 0.5) is 24.5 Å². The fourth-order valence-electron chi connectivity index (χ4n) is 2.42. The molecule has 0 aliphatic rings. The molecule has 8 heteroatoms. The Bertz CT molecular complexity index is 888. The molecule has 2 rings (SSSR count). The molecule has 0 bridgehead atoms. The van der Waals surface area contributed by atoms with Gasteiger partial charge in [0.2, 0.25) is 11.8 Å². The third kappa shape index (κ3) is 5.57. The number of carbonyl (C=O) groups excluding carboxylic acids is 2. The molecule has 0 unspecified atom stereocenters. The lowest BCUT2D eigenvalue weighted by molar-refractivity contribution is -0.137. The van der Waals surface area contributed by atoms with Crippen LogP contribution < -0.4 is 10.2 Å². The van der Waals surface area contributed by atoms with E-state index in [0.717, 1.165) is 12.1 Å². The second-order valence-corrected chi connectivity index (χ2v) is 5.71. The topological polar surface area (TPSA) is 73.2 Å². The van der Waals surface area contributed by atoms with Crippen LogP contribution in [-0.2, 0) is 15.8 Å². The summed E-state index contributed by atoms with van der Waals surface area (Å²) in [7, 11) is 0. The summed E-state index contributed by atoms with van der Waals surface area (Å²) in [5.74, 6) is -0.853. The van der Waals surface area contributed by atoms with Crippen LogP contribution in [0.15, 0.2) is 48.5 Å². The maximum absolute atomic E-state index is 12.7. The number of hydrogen-bond acceptors (Lipinski definition) is 3. The number of rotatable bonds is 5. The van der Waals surface area contributed by atoms with Gasteiger partial charge in [-0.3, -0.25) is 9.59 Å². The predicted molar refractivity (Wildman–Crippen MR) is 93.9 cm³/mol. The Hall–Kier alpha value is -3.34. The van der Waals surface area contributed by atoms with E-state index < -0.39 is 17.6 Å². The maximum Gasteiger partial charge on any atom is 0.416 e. The van der Waals surface area contributed by atoms with E-state index >= 15 is 0 Å². The third-order valence-corrected chi connectivity index (χ3v) is 3.70. The van der Waals surface area contributed by atoms with E-state index in [1.165, 1.54) is 30.0 Å². The van der Waals surface area contributed by atoms with Gasteiger partial charge >= 0.3 is 6.18 Å². The van der Waals surface area contributed by atoms with Crippen molar-refractivity contribution in [3.05, 3.63) is 59.7 Å². The van der Waals surface area contributed by atoms with Crippen molar-refractivity contribution < 1.29 is 22.8 Å². The minimum Gasteiger partial charge on any atom is -0.326 e. The van der Waals surface area contributed by atoms with E-state index in [0.29, 0.717) is 11.3 Å². The number of alkyl halides is 3. The Morgan fingerprint density at radius 3 is 2.48 bits per heavy atom. The lowest BCUT2D eigenvalue weighted by Gasteiger charge is -2.21. The molecular formula is C19H16F3N3O2. The summed E-state index contributed by atoms with van der Waals surface area (Å²) in [6, 6.07) is 12.6. The molecule has 0 radical (unpaired) electrons. The Kier molecular flexibility index (Phi) is 6.19. The highest BCUT2D eigenvalue weighted by Gasteiger charge is 2.30. The van der Waals surface area contributed by atoms with E-state index in [1.54, 1.807) is 18.2 Å². The average Bonchev–Trinajstić information content (AvgIpc) is 2.61. The monoisotopic (exact) mass is 375 g/mol. The van der Waals surface area contributed by atoms with Crippen molar-refractivity contribution in [2.24, 2.45) is 0 Å². The van der Waals surface area contributed by atoms with Crippen LogP contribution in [0.3, 0.4) is 0 Å². The van der Waals surface area contributed by atoms with Crippen LogP contribution in [0, 0.1) is 11.3 Å². The first kappa shape index (κ1) is 20.0. The first-order chi connectivity index (χ1) is 12.7. The Labute approximate surface area is 154 Å². The van der Waals surface area contributed by atoms with Gasteiger partial charge in [-0.1, -0.05) is 12.1 Å². The lowest BCUT2D eigenvalue weighted by atomic mass is 10.2. The molecule has 140 valence electrons. The van der Waals surface area contributed by atoms with Crippen molar-refractivity contribution in [1.82, 2.24) is 0 Å². The minimum atomic E-state index is -4.50. The summed E-state index contributed by atoms with van der Waals surface area (Å²) >= 11 is 0. The van der Waals surface area contributed by atoms with Gasteiger partial charge in [-0.2, -0.15) is 18.4 Å². The predicted octanol–water partition coefficient (Wildman–Crippen LogP) is 3.96. The number of anilines is 2. The average molecular weight is 375 g/mol. The van der Waals surface area contributed by atoms with Gasteiger partial charge in [-0.25, -0.2) is 0 Å². The summed E-state index contributed by atoms with van der Waals surface area (Å²) < 4.78 is 38.2. The smallest absolute Gasteiger partial charge is 0.326 e. The van der Waals surface area contributed by atoms with Crippen molar-refractivity contribution >= 4 is 23.2 Å². The summed E-state index contributed by atoms with van der Waals surface area (Å²) in [5.41, 5.74) is -0.00440. The van der Waals surface area contributed by atoms with E-state index in [4.69, 9.17) is 5.26 Å². The fraction of sp³-hybridized carbons (Fsp3) is 0.211. The van der Waals surface area contributed by atoms with Crippen LogP contribution >= 0.6 is 0 Å². The SMILES string of the molecule is CC(=O)N(CCC(=O)Nc1cccc(C(F)(F)F)c1)c1cccc(C#N)c1. The molecule has 0 fully saturated rings. The first-order valence-electron chi connectivity index (χ1n) is 7.96. The Morgan fingerprint density at radius 1 is 1.15 bits per heavy atom. The third-order valence-electron chi connectivity index (χ3n) is 3.70. The van der Waals surface area contributed by atoms with Crippen molar-refractivity contribution in [2.45, 2.75) is 19.5 Å². The van der Waals surface area contributed by atoms with Gasteiger partial charge in [0.15, 0.2) is 0 Å². The number of hydrogen-bond donors (Lipinski definition) is 1. The number of nitriles is 1. The van der Waals surface area contributed by atoms with Crippen LogP contribution in [0.5, 0.6) is 0 Å². The summed E-state index contributed by atoms with van der Waals surface area (Å²) in [6.07, 6.45) is -4.62. The second-order valence-electron chi connectivity index (χ2n) is 5.71. The van der Waals surface area contributed by atoms with Crippen LogP contribution in [0.25, 0.3) is 0 Å². The summed E-state index contributed by atoms with van der Waals surface area (Å²) in [5, 5.41) is 11.3. The number of halogens is 3. The zero-order valence-corrected chi connectivity index (χ0v) is 14.4. The molecule has 2 aromatic carbocycles. The van der Waals surface area contributed by atoms with E-state index in [1.807, 2.05) is 6.07 Å². The zero-order valence-electron chi connectivity index (χ0n) is 14.4. The molecule has 0 saturated carbocycles. The molecule has 0 aliphatic carbocycles. The van der Waals surface area contributed by atoms with Crippen LogP contribution in [0.2, 0.25) is 0 Å². The summed E-state index contributed by atoms with van der Waals surface area (Å²) in [4.78, 5) is 25.3.